The van der Waals surface area contributed by atoms with Crippen LogP contribution in [0.3, 0.4) is 0 Å². The fourth-order valence-corrected chi connectivity index (χ4v) is 3.00. The zero-order chi connectivity index (χ0) is 14.0. The summed E-state index contributed by atoms with van der Waals surface area (Å²) in [5.41, 5.74) is 2.13. The van der Waals surface area contributed by atoms with Gasteiger partial charge in [0.1, 0.15) is 11.3 Å². The van der Waals surface area contributed by atoms with E-state index in [-0.39, 0.29) is 0 Å². The zero-order valence-corrected chi connectivity index (χ0v) is 12.9. The number of para-hydroxylation sites is 1. The average molecular weight is 278 g/mol. The quantitative estimate of drug-likeness (QED) is 0.803. The standard InChI is InChI=1S/C15H22N2OS/c1-5-18-13-8-6-7-12-14(13)16-15(19)17(12)11(4)9-10(2)3/h6-8,10-11H,5,9H2,1-4H3,(H,16,19). The zero-order valence-electron chi connectivity index (χ0n) is 12.1. The lowest BCUT2D eigenvalue weighted by molar-refractivity contribution is 0.343. The molecule has 0 aliphatic rings. The molecule has 0 aliphatic carbocycles. The van der Waals surface area contributed by atoms with Gasteiger partial charge in [-0.25, -0.2) is 0 Å². The van der Waals surface area contributed by atoms with Crippen molar-refractivity contribution >= 4 is 23.3 Å². The maximum atomic E-state index is 5.66. The normalized spacial score (nSPS) is 13.1. The summed E-state index contributed by atoms with van der Waals surface area (Å²) in [6.07, 6.45) is 1.11. The maximum Gasteiger partial charge on any atom is 0.178 e. The Hall–Kier alpha value is -1.29. The molecule has 3 nitrogen and oxygen atoms in total. The molecule has 1 aromatic carbocycles. The largest absolute Gasteiger partial charge is 0.492 e. The first-order valence-electron chi connectivity index (χ1n) is 6.90. The van der Waals surface area contributed by atoms with Crippen molar-refractivity contribution in [2.24, 2.45) is 5.92 Å². The highest BCUT2D eigenvalue weighted by Crippen LogP contribution is 2.29. The Labute approximate surface area is 119 Å². The summed E-state index contributed by atoms with van der Waals surface area (Å²) in [6, 6.07) is 6.49. The number of nitrogens with zero attached hydrogens (tertiary/aromatic N) is 1. The summed E-state index contributed by atoms with van der Waals surface area (Å²) < 4.78 is 8.63. The van der Waals surface area contributed by atoms with E-state index in [0.717, 1.165) is 28.0 Å². The van der Waals surface area contributed by atoms with Gasteiger partial charge in [-0.2, -0.15) is 0 Å². The minimum absolute atomic E-state index is 0.387. The van der Waals surface area contributed by atoms with Crippen LogP contribution in [0.1, 0.15) is 40.2 Å². The summed E-state index contributed by atoms with van der Waals surface area (Å²) in [5.74, 6) is 1.53. The molecule has 1 aromatic heterocycles. The molecule has 1 unspecified atom stereocenters. The first kappa shape index (κ1) is 14.1. The minimum Gasteiger partial charge on any atom is -0.492 e. The number of hydrogen-bond acceptors (Lipinski definition) is 2. The monoisotopic (exact) mass is 278 g/mol. The van der Waals surface area contributed by atoms with Crippen molar-refractivity contribution in [3.8, 4) is 5.75 Å². The van der Waals surface area contributed by atoms with Crippen molar-refractivity contribution in [3.63, 3.8) is 0 Å². The molecule has 1 atom stereocenters. The maximum absolute atomic E-state index is 5.66. The number of aromatic amines is 1. The highest BCUT2D eigenvalue weighted by molar-refractivity contribution is 7.71. The highest BCUT2D eigenvalue weighted by atomic mass is 32.1. The molecule has 0 saturated carbocycles. The van der Waals surface area contributed by atoms with E-state index in [4.69, 9.17) is 17.0 Å². The van der Waals surface area contributed by atoms with Crippen molar-refractivity contribution in [2.45, 2.75) is 40.2 Å². The van der Waals surface area contributed by atoms with Crippen molar-refractivity contribution in [3.05, 3.63) is 23.0 Å². The molecule has 19 heavy (non-hydrogen) atoms. The summed E-state index contributed by atoms with van der Waals surface area (Å²) in [6.45, 7) is 9.34. The minimum atomic E-state index is 0.387. The Morgan fingerprint density at radius 1 is 1.32 bits per heavy atom. The summed E-state index contributed by atoms with van der Waals surface area (Å²) in [7, 11) is 0. The number of benzene rings is 1. The van der Waals surface area contributed by atoms with Crippen LogP contribution < -0.4 is 4.74 Å². The Morgan fingerprint density at radius 2 is 2.05 bits per heavy atom. The number of H-pyrrole nitrogens is 1. The van der Waals surface area contributed by atoms with Gasteiger partial charge in [0.2, 0.25) is 0 Å². The van der Waals surface area contributed by atoms with Crippen LogP contribution in [0, 0.1) is 10.7 Å². The topological polar surface area (TPSA) is 29.9 Å². The molecule has 0 aliphatic heterocycles. The molecule has 0 amide bonds. The number of hydrogen-bond donors (Lipinski definition) is 1. The van der Waals surface area contributed by atoms with Crippen LogP contribution in [0.25, 0.3) is 11.0 Å². The molecule has 0 radical (unpaired) electrons. The first-order valence-corrected chi connectivity index (χ1v) is 7.31. The smallest absolute Gasteiger partial charge is 0.178 e. The third kappa shape index (κ3) is 2.84. The highest BCUT2D eigenvalue weighted by Gasteiger charge is 2.14. The number of fused-ring (bicyclic) bond motifs is 1. The molecule has 0 fully saturated rings. The molecule has 104 valence electrons. The van der Waals surface area contributed by atoms with Crippen LogP contribution in [0.2, 0.25) is 0 Å². The number of rotatable bonds is 5. The fourth-order valence-electron chi connectivity index (χ4n) is 2.62. The molecule has 4 heteroatoms. The number of ether oxygens (including phenoxy) is 1. The van der Waals surface area contributed by atoms with E-state index >= 15 is 0 Å². The van der Waals surface area contributed by atoms with E-state index in [1.54, 1.807) is 0 Å². The van der Waals surface area contributed by atoms with E-state index in [1.165, 1.54) is 0 Å². The Kier molecular flexibility index (Phi) is 4.30. The lowest BCUT2D eigenvalue weighted by Gasteiger charge is -2.16. The SMILES string of the molecule is CCOc1cccc2c1[nH]c(=S)n2C(C)CC(C)C. The summed E-state index contributed by atoms with van der Waals surface area (Å²) >= 11 is 5.48. The molecule has 1 N–H and O–H groups in total. The molecule has 0 bridgehead atoms. The van der Waals surface area contributed by atoms with Crippen molar-refractivity contribution < 1.29 is 4.74 Å². The van der Waals surface area contributed by atoms with Gasteiger partial charge in [-0.15, -0.1) is 0 Å². The van der Waals surface area contributed by atoms with Gasteiger partial charge in [-0.3, -0.25) is 0 Å². The van der Waals surface area contributed by atoms with Crippen LogP contribution in [0.15, 0.2) is 18.2 Å². The van der Waals surface area contributed by atoms with E-state index in [9.17, 15) is 0 Å². The molecule has 0 saturated heterocycles. The van der Waals surface area contributed by atoms with Gasteiger partial charge in [0.05, 0.1) is 12.1 Å². The predicted octanol–water partition coefficient (Wildman–Crippen LogP) is 4.70. The fraction of sp³-hybridized carbons (Fsp3) is 0.533. The van der Waals surface area contributed by atoms with E-state index in [1.807, 2.05) is 19.1 Å². The van der Waals surface area contributed by atoms with Crippen LogP contribution in [-0.2, 0) is 0 Å². The second-order valence-electron chi connectivity index (χ2n) is 5.36. The van der Waals surface area contributed by atoms with E-state index in [0.29, 0.717) is 18.6 Å². The third-order valence-corrected chi connectivity index (χ3v) is 3.57. The third-order valence-electron chi connectivity index (χ3n) is 3.27. The van der Waals surface area contributed by atoms with E-state index in [2.05, 4.69) is 36.4 Å². The number of nitrogens with one attached hydrogen (secondary N) is 1. The van der Waals surface area contributed by atoms with Gasteiger partial charge < -0.3 is 14.3 Å². The lowest BCUT2D eigenvalue weighted by Crippen LogP contribution is -2.08. The van der Waals surface area contributed by atoms with Crippen molar-refractivity contribution in [1.82, 2.24) is 9.55 Å². The lowest BCUT2D eigenvalue weighted by atomic mass is 10.1. The van der Waals surface area contributed by atoms with Gasteiger partial charge in [0, 0.05) is 6.04 Å². The molecule has 2 aromatic rings. The van der Waals surface area contributed by atoms with E-state index < -0.39 is 0 Å². The van der Waals surface area contributed by atoms with Gasteiger partial charge in [0.25, 0.3) is 0 Å². The molecular formula is C15H22N2OS. The van der Waals surface area contributed by atoms with Gasteiger partial charge in [-0.05, 0) is 50.5 Å². The van der Waals surface area contributed by atoms with Crippen LogP contribution in [0.4, 0.5) is 0 Å². The van der Waals surface area contributed by atoms with Gasteiger partial charge in [-0.1, -0.05) is 19.9 Å². The first-order chi connectivity index (χ1) is 9.04. The van der Waals surface area contributed by atoms with Crippen LogP contribution in [0.5, 0.6) is 5.75 Å². The predicted molar refractivity (Wildman–Crippen MR) is 82.5 cm³/mol. The number of aromatic nitrogens is 2. The van der Waals surface area contributed by atoms with Gasteiger partial charge in [0.15, 0.2) is 4.77 Å². The van der Waals surface area contributed by atoms with Crippen molar-refractivity contribution in [1.29, 1.82) is 0 Å². The molecule has 0 spiro atoms. The Bertz CT molecular complexity index is 612. The van der Waals surface area contributed by atoms with Crippen molar-refractivity contribution in [2.75, 3.05) is 6.61 Å². The molecular weight excluding hydrogens is 256 g/mol. The molecule has 2 rings (SSSR count). The second kappa shape index (κ2) is 5.78. The second-order valence-corrected chi connectivity index (χ2v) is 5.75. The Morgan fingerprint density at radius 3 is 2.68 bits per heavy atom. The summed E-state index contributed by atoms with van der Waals surface area (Å²) in [4.78, 5) is 3.29. The number of imidazole rings is 1. The van der Waals surface area contributed by atoms with Crippen LogP contribution in [-0.4, -0.2) is 16.2 Å². The average Bonchev–Trinajstić information content (AvgIpc) is 2.66. The van der Waals surface area contributed by atoms with Crippen LogP contribution >= 0.6 is 12.2 Å². The summed E-state index contributed by atoms with van der Waals surface area (Å²) in [5, 5.41) is 0. The Balaban J connectivity index is 2.53. The molecule has 1 heterocycles. The van der Waals surface area contributed by atoms with Gasteiger partial charge >= 0.3 is 0 Å².